The second kappa shape index (κ2) is 10.5. The zero-order valence-corrected chi connectivity index (χ0v) is 18.8. The summed E-state index contributed by atoms with van der Waals surface area (Å²) >= 11 is 0. The second-order valence-corrected chi connectivity index (χ2v) is 9.60. The highest BCUT2D eigenvalue weighted by atomic mass is 32.2. The molecule has 0 unspecified atom stereocenters. The minimum absolute atomic E-state index is 0.0193. The second-order valence-electron chi connectivity index (χ2n) is 7.88. The molecule has 0 bridgehead atoms. The third kappa shape index (κ3) is 6.24. The first-order valence-electron chi connectivity index (χ1n) is 10.6. The van der Waals surface area contributed by atoms with E-state index in [1.165, 1.54) is 35.2 Å². The molecule has 1 aliphatic carbocycles. The van der Waals surface area contributed by atoms with Gasteiger partial charge in [-0.1, -0.05) is 25.7 Å². The van der Waals surface area contributed by atoms with Crippen LogP contribution in [0.4, 0.5) is 11.4 Å². The van der Waals surface area contributed by atoms with Gasteiger partial charge in [-0.2, -0.15) is 0 Å². The van der Waals surface area contributed by atoms with Gasteiger partial charge in [0.25, 0.3) is 11.6 Å². The molecule has 170 valence electrons. The van der Waals surface area contributed by atoms with Crippen LogP contribution >= 0.6 is 0 Å². The summed E-state index contributed by atoms with van der Waals surface area (Å²) in [5.74, 6) is -0.310. The number of anilines is 1. The van der Waals surface area contributed by atoms with Crippen LogP contribution in [-0.4, -0.2) is 32.3 Å². The molecule has 0 heterocycles. The molecule has 1 amide bonds. The Bertz CT molecular complexity index is 1070. The van der Waals surface area contributed by atoms with E-state index in [1.807, 2.05) is 0 Å². The number of nitro groups is 1. The summed E-state index contributed by atoms with van der Waals surface area (Å²) in [7, 11) is -2.02. The van der Waals surface area contributed by atoms with E-state index in [4.69, 9.17) is 0 Å². The van der Waals surface area contributed by atoms with E-state index in [1.54, 1.807) is 37.4 Å². The van der Waals surface area contributed by atoms with Crippen molar-refractivity contribution in [1.82, 2.24) is 4.72 Å². The maximum Gasteiger partial charge on any atom is 0.269 e. The predicted molar refractivity (Wildman–Crippen MR) is 124 cm³/mol. The molecule has 0 aromatic heterocycles. The van der Waals surface area contributed by atoms with Gasteiger partial charge in [-0.25, -0.2) is 13.1 Å². The monoisotopic (exact) mass is 457 g/mol. The number of nitrogens with zero attached hydrogens (tertiary/aromatic N) is 2. The molecule has 0 radical (unpaired) electrons. The van der Waals surface area contributed by atoms with Gasteiger partial charge in [-0.3, -0.25) is 14.9 Å². The Labute approximate surface area is 188 Å². The average Bonchev–Trinajstić information content (AvgIpc) is 3.05. The molecule has 9 heteroatoms. The first-order chi connectivity index (χ1) is 15.3. The van der Waals surface area contributed by atoms with Crippen LogP contribution < -0.4 is 9.62 Å². The average molecular weight is 458 g/mol. The summed E-state index contributed by atoms with van der Waals surface area (Å²) in [6, 6.07) is 12.0. The lowest BCUT2D eigenvalue weighted by atomic mass is 10.1. The number of amides is 1. The SMILES string of the molecule is CN(C(=O)/C=C/c1ccc([N+](=O)[O-])cc1)c1ccc(S(=O)(=O)NC2CCCCCC2)cc1. The number of hydrogen-bond acceptors (Lipinski definition) is 5. The van der Waals surface area contributed by atoms with Crippen LogP contribution in [0.25, 0.3) is 6.08 Å². The number of carbonyl (C=O) groups is 1. The number of nitrogens with one attached hydrogen (secondary N) is 1. The number of carbonyl (C=O) groups excluding carboxylic acids is 1. The molecule has 2 aromatic carbocycles. The Hall–Kier alpha value is -3.04. The van der Waals surface area contributed by atoms with E-state index in [2.05, 4.69) is 4.72 Å². The van der Waals surface area contributed by atoms with Gasteiger partial charge in [0.05, 0.1) is 9.82 Å². The first-order valence-corrected chi connectivity index (χ1v) is 12.1. The molecule has 1 aliphatic rings. The van der Waals surface area contributed by atoms with E-state index in [9.17, 15) is 23.3 Å². The maximum atomic E-state index is 12.7. The Morgan fingerprint density at radius 2 is 1.62 bits per heavy atom. The van der Waals surface area contributed by atoms with E-state index >= 15 is 0 Å². The third-order valence-corrected chi connectivity index (χ3v) is 7.10. The fourth-order valence-electron chi connectivity index (χ4n) is 3.65. The molecule has 32 heavy (non-hydrogen) atoms. The normalized spacial score (nSPS) is 15.4. The van der Waals surface area contributed by atoms with Gasteiger partial charge >= 0.3 is 0 Å². The van der Waals surface area contributed by atoms with Crippen LogP contribution in [0.1, 0.15) is 44.1 Å². The van der Waals surface area contributed by atoms with Gasteiger partial charge in [0, 0.05) is 37.0 Å². The summed E-state index contributed by atoms with van der Waals surface area (Å²) in [5, 5.41) is 10.7. The number of benzene rings is 2. The van der Waals surface area contributed by atoms with Crippen molar-refractivity contribution in [3.05, 3.63) is 70.3 Å². The zero-order chi connectivity index (χ0) is 23.1. The van der Waals surface area contributed by atoms with Crippen molar-refractivity contribution in [3.8, 4) is 0 Å². The molecule has 0 saturated heterocycles. The first kappa shape index (κ1) is 23.6. The Kier molecular flexibility index (Phi) is 7.76. The van der Waals surface area contributed by atoms with Gasteiger partial charge in [-0.05, 0) is 60.9 Å². The van der Waals surface area contributed by atoms with Crippen LogP contribution in [0.5, 0.6) is 0 Å². The van der Waals surface area contributed by atoms with Gasteiger partial charge in [0.15, 0.2) is 0 Å². The predicted octanol–water partition coefficient (Wildman–Crippen LogP) is 4.27. The Morgan fingerprint density at radius 1 is 1.03 bits per heavy atom. The minimum Gasteiger partial charge on any atom is -0.312 e. The Balaban J connectivity index is 1.63. The summed E-state index contributed by atoms with van der Waals surface area (Å²) < 4.78 is 28.2. The summed E-state index contributed by atoms with van der Waals surface area (Å²) in [6.45, 7) is 0. The summed E-state index contributed by atoms with van der Waals surface area (Å²) in [5.41, 5.74) is 1.19. The van der Waals surface area contributed by atoms with Gasteiger partial charge < -0.3 is 4.90 Å². The van der Waals surface area contributed by atoms with Crippen molar-refractivity contribution in [1.29, 1.82) is 0 Å². The standard InChI is InChI=1S/C23H27N3O5S/c1-25(23(27)17-10-18-8-11-21(12-9-18)26(28)29)20-13-15-22(16-14-20)32(30,31)24-19-6-4-2-3-5-7-19/h8-17,19,24H,2-7H2,1H3/b17-10+. The molecule has 0 atom stereocenters. The smallest absolute Gasteiger partial charge is 0.269 e. The number of rotatable bonds is 7. The van der Waals surface area contributed by atoms with E-state index < -0.39 is 14.9 Å². The van der Waals surface area contributed by atoms with Crippen molar-refractivity contribution in [3.63, 3.8) is 0 Å². The number of likely N-dealkylation sites (N-methyl/N-ethyl adjacent to an activating group) is 1. The molecule has 3 rings (SSSR count). The molecule has 1 N–H and O–H groups in total. The highest BCUT2D eigenvalue weighted by Crippen LogP contribution is 2.22. The van der Waals surface area contributed by atoms with Crippen LogP contribution in [0.2, 0.25) is 0 Å². The van der Waals surface area contributed by atoms with Crippen LogP contribution in [0.3, 0.4) is 0 Å². The molecule has 1 saturated carbocycles. The molecular formula is C23H27N3O5S. The van der Waals surface area contributed by atoms with Crippen LogP contribution in [0.15, 0.2) is 59.5 Å². The summed E-state index contributed by atoms with van der Waals surface area (Å²) in [4.78, 5) is 24.3. The van der Waals surface area contributed by atoms with E-state index in [0.717, 1.165) is 38.5 Å². The molecule has 0 spiro atoms. The molecular weight excluding hydrogens is 430 g/mol. The molecule has 2 aromatic rings. The number of sulfonamides is 1. The lowest BCUT2D eigenvalue weighted by molar-refractivity contribution is -0.384. The maximum absolute atomic E-state index is 12.7. The largest absolute Gasteiger partial charge is 0.312 e. The summed E-state index contributed by atoms with van der Waals surface area (Å²) in [6.07, 6.45) is 9.00. The number of non-ortho nitro benzene ring substituents is 1. The van der Waals surface area contributed by atoms with Gasteiger partial charge in [-0.15, -0.1) is 0 Å². The van der Waals surface area contributed by atoms with Crippen LogP contribution in [0, 0.1) is 10.1 Å². The number of nitro benzene ring substituents is 1. The van der Waals surface area contributed by atoms with Crippen molar-refractivity contribution < 1.29 is 18.1 Å². The quantitative estimate of drug-likeness (QED) is 0.289. The Morgan fingerprint density at radius 3 is 2.19 bits per heavy atom. The van der Waals surface area contributed by atoms with Crippen molar-refractivity contribution >= 4 is 33.4 Å². The van der Waals surface area contributed by atoms with Gasteiger partial charge in [0.2, 0.25) is 10.0 Å². The lowest BCUT2D eigenvalue weighted by Gasteiger charge is -2.18. The fourth-order valence-corrected chi connectivity index (χ4v) is 4.95. The van der Waals surface area contributed by atoms with E-state index in [-0.39, 0.29) is 22.5 Å². The fraction of sp³-hybridized carbons (Fsp3) is 0.348. The third-order valence-electron chi connectivity index (χ3n) is 5.56. The minimum atomic E-state index is -3.61. The highest BCUT2D eigenvalue weighted by Gasteiger charge is 2.21. The lowest BCUT2D eigenvalue weighted by Crippen LogP contribution is -2.34. The molecule has 1 fully saturated rings. The topological polar surface area (TPSA) is 110 Å². The van der Waals surface area contributed by atoms with Crippen LogP contribution in [-0.2, 0) is 14.8 Å². The van der Waals surface area contributed by atoms with Crippen molar-refractivity contribution in [2.24, 2.45) is 0 Å². The molecule has 0 aliphatic heterocycles. The van der Waals surface area contributed by atoms with Gasteiger partial charge in [0.1, 0.15) is 0 Å². The number of hydrogen-bond donors (Lipinski definition) is 1. The van der Waals surface area contributed by atoms with E-state index in [0.29, 0.717) is 11.3 Å². The highest BCUT2D eigenvalue weighted by molar-refractivity contribution is 7.89. The zero-order valence-electron chi connectivity index (χ0n) is 17.9. The van der Waals surface area contributed by atoms with Crippen molar-refractivity contribution in [2.45, 2.75) is 49.5 Å². The molecule has 8 nitrogen and oxygen atoms in total. The van der Waals surface area contributed by atoms with Crippen molar-refractivity contribution in [2.75, 3.05) is 11.9 Å².